The third kappa shape index (κ3) is 2.89. The fourth-order valence-corrected chi connectivity index (χ4v) is 2.50. The van der Waals surface area contributed by atoms with Gasteiger partial charge in [-0.1, -0.05) is 19.9 Å². The van der Waals surface area contributed by atoms with Gasteiger partial charge in [-0.05, 0) is 30.5 Å². The maximum atomic E-state index is 5.74. The number of nitrogens with zero attached hydrogens (tertiary/aromatic N) is 3. The zero-order valence-electron chi connectivity index (χ0n) is 12.3. The number of hydrogen-bond donors (Lipinski definition) is 1. The molecule has 0 saturated heterocycles. The summed E-state index contributed by atoms with van der Waals surface area (Å²) in [6.45, 7) is 8.96. The first-order valence-corrected chi connectivity index (χ1v) is 6.91. The molecule has 0 amide bonds. The standard InChI is InChI=1S/C15H24N4/c1-11(2)10-18(4)15-17-13-9-12(3)5-6-14(13)19(15)8-7-16/h5-6,9,11H,7-8,10,16H2,1-4H3. The van der Waals surface area contributed by atoms with Crippen LogP contribution in [0.4, 0.5) is 5.95 Å². The Morgan fingerprint density at radius 1 is 1.37 bits per heavy atom. The maximum absolute atomic E-state index is 5.74. The number of hydrogen-bond acceptors (Lipinski definition) is 3. The number of benzene rings is 1. The molecular weight excluding hydrogens is 236 g/mol. The summed E-state index contributed by atoms with van der Waals surface area (Å²) in [6.07, 6.45) is 0. The summed E-state index contributed by atoms with van der Waals surface area (Å²) in [4.78, 5) is 7.00. The predicted octanol–water partition coefficient (Wildman–Crippen LogP) is 2.40. The van der Waals surface area contributed by atoms with E-state index in [0.717, 1.165) is 24.6 Å². The summed E-state index contributed by atoms with van der Waals surface area (Å²) in [5, 5.41) is 0. The van der Waals surface area contributed by atoms with Crippen LogP contribution < -0.4 is 10.6 Å². The van der Waals surface area contributed by atoms with Gasteiger partial charge >= 0.3 is 0 Å². The van der Waals surface area contributed by atoms with E-state index >= 15 is 0 Å². The first-order valence-electron chi connectivity index (χ1n) is 6.91. The topological polar surface area (TPSA) is 47.1 Å². The number of rotatable bonds is 5. The van der Waals surface area contributed by atoms with Gasteiger partial charge in [0.15, 0.2) is 0 Å². The van der Waals surface area contributed by atoms with Crippen LogP contribution in [0.5, 0.6) is 0 Å². The van der Waals surface area contributed by atoms with Gasteiger partial charge in [0.25, 0.3) is 0 Å². The highest BCUT2D eigenvalue weighted by Crippen LogP contribution is 2.23. The van der Waals surface area contributed by atoms with Crippen LogP contribution in [0.2, 0.25) is 0 Å². The Balaban J connectivity index is 2.49. The molecule has 1 aromatic heterocycles. The molecule has 0 bridgehead atoms. The van der Waals surface area contributed by atoms with Gasteiger partial charge in [-0.25, -0.2) is 4.98 Å². The van der Waals surface area contributed by atoms with Gasteiger partial charge in [0.1, 0.15) is 0 Å². The number of aromatic nitrogens is 2. The van der Waals surface area contributed by atoms with Crippen molar-refractivity contribution in [3.8, 4) is 0 Å². The minimum atomic E-state index is 0.609. The van der Waals surface area contributed by atoms with Gasteiger partial charge < -0.3 is 15.2 Å². The summed E-state index contributed by atoms with van der Waals surface area (Å²) in [7, 11) is 2.10. The highest BCUT2D eigenvalue weighted by Gasteiger charge is 2.14. The zero-order valence-corrected chi connectivity index (χ0v) is 12.3. The Hall–Kier alpha value is -1.55. The Bertz CT molecular complexity index is 557. The molecule has 0 unspecified atom stereocenters. The summed E-state index contributed by atoms with van der Waals surface area (Å²) in [5.74, 6) is 1.62. The second kappa shape index (κ2) is 5.61. The SMILES string of the molecule is Cc1ccc2c(c1)nc(N(C)CC(C)C)n2CCN. The van der Waals surface area contributed by atoms with E-state index in [9.17, 15) is 0 Å². The monoisotopic (exact) mass is 260 g/mol. The van der Waals surface area contributed by atoms with Crippen molar-refractivity contribution in [3.63, 3.8) is 0 Å². The van der Waals surface area contributed by atoms with Gasteiger partial charge in [0.2, 0.25) is 5.95 Å². The molecule has 2 aromatic rings. The van der Waals surface area contributed by atoms with E-state index in [4.69, 9.17) is 10.7 Å². The lowest BCUT2D eigenvalue weighted by Crippen LogP contribution is -2.26. The Labute approximate surface area is 115 Å². The van der Waals surface area contributed by atoms with Crippen LogP contribution in [-0.4, -0.2) is 29.7 Å². The van der Waals surface area contributed by atoms with Crippen LogP contribution in [0.1, 0.15) is 19.4 Å². The van der Waals surface area contributed by atoms with Crippen molar-refractivity contribution in [2.24, 2.45) is 11.7 Å². The van der Waals surface area contributed by atoms with E-state index in [-0.39, 0.29) is 0 Å². The zero-order chi connectivity index (χ0) is 14.0. The van der Waals surface area contributed by atoms with Gasteiger partial charge in [0.05, 0.1) is 11.0 Å². The minimum absolute atomic E-state index is 0.609. The molecule has 2 rings (SSSR count). The molecule has 0 fully saturated rings. The molecule has 104 valence electrons. The molecule has 19 heavy (non-hydrogen) atoms. The van der Waals surface area contributed by atoms with Crippen molar-refractivity contribution < 1.29 is 0 Å². The first kappa shape index (κ1) is 13.9. The molecule has 0 aliphatic rings. The van der Waals surface area contributed by atoms with E-state index in [1.165, 1.54) is 11.1 Å². The lowest BCUT2D eigenvalue weighted by molar-refractivity contribution is 0.614. The smallest absolute Gasteiger partial charge is 0.206 e. The molecular formula is C15H24N4. The summed E-state index contributed by atoms with van der Waals surface area (Å²) < 4.78 is 2.22. The third-order valence-corrected chi connectivity index (χ3v) is 3.22. The molecule has 2 N–H and O–H groups in total. The third-order valence-electron chi connectivity index (χ3n) is 3.22. The normalized spacial score (nSPS) is 11.5. The van der Waals surface area contributed by atoms with Crippen LogP contribution in [0, 0.1) is 12.8 Å². The average molecular weight is 260 g/mol. The van der Waals surface area contributed by atoms with E-state index in [1.807, 2.05) is 0 Å². The van der Waals surface area contributed by atoms with Gasteiger partial charge in [-0.15, -0.1) is 0 Å². The highest BCUT2D eigenvalue weighted by molar-refractivity contribution is 5.79. The molecule has 1 aromatic carbocycles. The molecule has 0 saturated carbocycles. The second-order valence-corrected chi connectivity index (χ2v) is 5.62. The highest BCUT2D eigenvalue weighted by atomic mass is 15.3. The van der Waals surface area contributed by atoms with Crippen LogP contribution in [0.3, 0.4) is 0 Å². The molecule has 0 radical (unpaired) electrons. The van der Waals surface area contributed by atoms with Crippen molar-refractivity contribution in [2.45, 2.75) is 27.3 Å². The van der Waals surface area contributed by atoms with E-state index < -0.39 is 0 Å². The van der Waals surface area contributed by atoms with Gasteiger partial charge in [-0.3, -0.25) is 0 Å². The molecule has 4 nitrogen and oxygen atoms in total. The largest absolute Gasteiger partial charge is 0.345 e. The molecule has 4 heteroatoms. The summed E-state index contributed by atoms with van der Waals surface area (Å²) >= 11 is 0. The van der Waals surface area contributed by atoms with E-state index in [2.05, 4.69) is 55.5 Å². The Morgan fingerprint density at radius 3 is 2.74 bits per heavy atom. The molecule has 0 spiro atoms. The van der Waals surface area contributed by atoms with Crippen molar-refractivity contribution >= 4 is 17.0 Å². The fraction of sp³-hybridized carbons (Fsp3) is 0.533. The summed E-state index contributed by atoms with van der Waals surface area (Å²) in [5.41, 5.74) is 9.21. The Kier molecular flexibility index (Phi) is 4.10. The van der Waals surface area contributed by atoms with Crippen LogP contribution in [0.25, 0.3) is 11.0 Å². The molecule has 1 heterocycles. The van der Waals surface area contributed by atoms with Crippen LogP contribution in [-0.2, 0) is 6.54 Å². The van der Waals surface area contributed by atoms with Crippen molar-refractivity contribution in [3.05, 3.63) is 23.8 Å². The van der Waals surface area contributed by atoms with Gasteiger partial charge in [-0.2, -0.15) is 0 Å². The van der Waals surface area contributed by atoms with Crippen LogP contribution >= 0.6 is 0 Å². The maximum Gasteiger partial charge on any atom is 0.206 e. The van der Waals surface area contributed by atoms with E-state index in [0.29, 0.717) is 12.5 Å². The summed E-state index contributed by atoms with van der Waals surface area (Å²) in [6, 6.07) is 6.40. The first-order chi connectivity index (χ1) is 9.02. The minimum Gasteiger partial charge on any atom is -0.345 e. The van der Waals surface area contributed by atoms with Crippen molar-refractivity contribution in [1.29, 1.82) is 0 Å². The lowest BCUT2D eigenvalue weighted by Gasteiger charge is -2.21. The lowest BCUT2D eigenvalue weighted by atomic mass is 10.2. The number of anilines is 1. The molecule has 0 atom stereocenters. The van der Waals surface area contributed by atoms with Crippen LogP contribution in [0.15, 0.2) is 18.2 Å². The fourth-order valence-electron chi connectivity index (χ4n) is 2.50. The second-order valence-electron chi connectivity index (χ2n) is 5.62. The number of nitrogens with two attached hydrogens (primary N) is 1. The quantitative estimate of drug-likeness (QED) is 0.898. The van der Waals surface area contributed by atoms with Gasteiger partial charge in [0, 0.05) is 26.7 Å². The average Bonchev–Trinajstić information content (AvgIpc) is 2.67. The molecule has 0 aliphatic heterocycles. The Morgan fingerprint density at radius 2 is 2.11 bits per heavy atom. The van der Waals surface area contributed by atoms with E-state index in [1.54, 1.807) is 0 Å². The predicted molar refractivity (Wildman–Crippen MR) is 81.6 cm³/mol. The number of imidazole rings is 1. The number of fused-ring (bicyclic) bond motifs is 1. The van der Waals surface area contributed by atoms with Crippen molar-refractivity contribution in [2.75, 3.05) is 25.0 Å². The van der Waals surface area contributed by atoms with Crippen molar-refractivity contribution in [1.82, 2.24) is 9.55 Å². The molecule has 0 aliphatic carbocycles. The number of aryl methyl sites for hydroxylation is 1.